The zero-order valence-electron chi connectivity index (χ0n) is 29.6. The molecule has 11 nitrogen and oxygen atoms in total. The molecule has 2 unspecified atom stereocenters. The summed E-state index contributed by atoms with van der Waals surface area (Å²) >= 11 is 0. The van der Waals surface area contributed by atoms with Crippen molar-refractivity contribution in [3.05, 3.63) is 94.0 Å². The molecule has 0 amide bonds. The maximum Gasteiger partial charge on any atom is 0.307 e. The number of methoxy groups -OCH3 is 2. The third-order valence-corrected chi connectivity index (χ3v) is 8.84. The first-order valence-corrected chi connectivity index (χ1v) is 16.7. The van der Waals surface area contributed by atoms with Crippen LogP contribution in [-0.4, -0.2) is 52.9 Å². The van der Waals surface area contributed by atoms with E-state index in [9.17, 15) is 9.59 Å². The smallest absolute Gasteiger partial charge is 0.307 e. The van der Waals surface area contributed by atoms with E-state index in [1.165, 1.54) is 0 Å². The number of hydrogen-bond acceptors (Lipinski definition) is 9. The van der Waals surface area contributed by atoms with Gasteiger partial charge in [0.2, 0.25) is 23.5 Å². The Kier molecular flexibility index (Phi) is 13.6. The van der Waals surface area contributed by atoms with Crippen LogP contribution in [0.3, 0.4) is 0 Å². The highest BCUT2D eigenvalue weighted by molar-refractivity contribution is 5.72. The number of aryl methyl sites for hydroxylation is 1. The standard InChI is InChI=1S/C39H47N3O8/c1-24(38(43)44)10-7-11-28-16-18-34(41-36(28)47-5)49-22-30-12-8-14-32(26(30)3)33-15-9-13-31(27(33)4)23-50-35-19-17-29(37(42-35)48-6)21-40-20-25(2)39(45)46/h8-9,12-19,24-25,40H,7,10-11,20-23H2,1-6H3,(H,43,44)(H,45,46). The Labute approximate surface area is 293 Å². The van der Waals surface area contributed by atoms with E-state index in [0.29, 0.717) is 62.7 Å². The quantitative estimate of drug-likeness (QED) is 0.0958. The molecule has 3 N–H and O–H groups in total. The lowest BCUT2D eigenvalue weighted by Crippen LogP contribution is -2.26. The van der Waals surface area contributed by atoms with E-state index in [4.69, 9.17) is 29.2 Å². The maximum atomic E-state index is 11.1. The second-order valence-electron chi connectivity index (χ2n) is 12.4. The molecule has 0 aliphatic rings. The summed E-state index contributed by atoms with van der Waals surface area (Å²) in [6.45, 7) is 8.93. The van der Waals surface area contributed by atoms with Crippen molar-refractivity contribution in [3.8, 4) is 34.6 Å². The molecule has 0 aliphatic heterocycles. The van der Waals surface area contributed by atoms with Crippen molar-refractivity contribution in [2.45, 2.75) is 66.7 Å². The molecule has 266 valence electrons. The molecule has 4 aromatic rings. The lowest BCUT2D eigenvalue weighted by Gasteiger charge is -2.17. The number of aliphatic carboxylic acids is 2. The van der Waals surface area contributed by atoms with E-state index >= 15 is 0 Å². The summed E-state index contributed by atoms with van der Waals surface area (Å²) in [5.74, 6) is -0.745. The van der Waals surface area contributed by atoms with Crippen LogP contribution < -0.4 is 24.3 Å². The average Bonchev–Trinajstić information content (AvgIpc) is 3.11. The molecule has 0 bridgehead atoms. The molecule has 2 aromatic carbocycles. The van der Waals surface area contributed by atoms with Crippen LogP contribution >= 0.6 is 0 Å². The molecule has 2 heterocycles. The number of rotatable bonds is 19. The van der Waals surface area contributed by atoms with Crippen LogP contribution in [0.2, 0.25) is 0 Å². The number of benzene rings is 2. The van der Waals surface area contributed by atoms with Gasteiger partial charge in [0.25, 0.3) is 0 Å². The van der Waals surface area contributed by atoms with E-state index in [0.717, 1.165) is 50.9 Å². The highest BCUT2D eigenvalue weighted by Crippen LogP contribution is 2.32. The summed E-state index contributed by atoms with van der Waals surface area (Å²) in [6.07, 6.45) is 1.98. The number of nitrogens with one attached hydrogen (secondary N) is 1. The normalized spacial score (nSPS) is 12.2. The van der Waals surface area contributed by atoms with Crippen LogP contribution in [0, 0.1) is 25.7 Å². The third-order valence-electron chi connectivity index (χ3n) is 8.84. The SMILES string of the molecule is COc1nc(OCc2cccc(-c3cccc(COc4ccc(CNCC(C)C(=O)O)c(OC)n4)c3C)c2C)ccc1CCCC(C)C(=O)O. The van der Waals surface area contributed by atoms with E-state index in [-0.39, 0.29) is 0 Å². The summed E-state index contributed by atoms with van der Waals surface area (Å²) in [4.78, 5) is 31.3. The fraction of sp³-hybridized carbons (Fsp3) is 0.385. The number of carbonyl (C=O) groups is 2. The van der Waals surface area contributed by atoms with Crippen molar-refractivity contribution in [1.29, 1.82) is 0 Å². The van der Waals surface area contributed by atoms with Crippen molar-refractivity contribution < 1.29 is 38.7 Å². The van der Waals surface area contributed by atoms with Gasteiger partial charge < -0.3 is 34.5 Å². The topological polar surface area (TPSA) is 149 Å². The van der Waals surface area contributed by atoms with Crippen molar-refractivity contribution >= 4 is 11.9 Å². The lowest BCUT2D eigenvalue weighted by molar-refractivity contribution is -0.142. The van der Waals surface area contributed by atoms with Gasteiger partial charge in [-0.2, -0.15) is 9.97 Å². The third kappa shape index (κ3) is 9.94. The van der Waals surface area contributed by atoms with Gasteiger partial charge in [-0.3, -0.25) is 9.59 Å². The molecule has 0 aliphatic carbocycles. The first kappa shape index (κ1) is 37.7. The summed E-state index contributed by atoms with van der Waals surface area (Å²) in [6, 6.07) is 19.7. The van der Waals surface area contributed by atoms with E-state index in [2.05, 4.69) is 41.3 Å². The summed E-state index contributed by atoms with van der Waals surface area (Å²) in [7, 11) is 3.12. The van der Waals surface area contributed by atoms with E-state index in [1.807, 2.05) is 42.5 Å². The van der Waals surface area contributed by atoms with Crippen LogP contribution in [0.1, 0.15) is 60.1 Å². The predicted octanol–water partition coefficient (Wildman–Crippen LogP) is 6.79. The molecular weight excluding hydrogens is 638 g/mol. The van der Waals surface area contributed by atoms with Crippen molar-refractivity contribution in [2.24, 2.45) is 11.8 Å². The summed E-state index contributed by atoms with van der Waals surface area (Å²) < 4.78 is 23.2. The molecule has 50 heavy (non-hydrogen) atoms. The van der Waals surface area contributed by atoms with Gasteiger partial charge in [-0.05, 0) is 78.6 Å². The fourth-order valence-corrected chi connectivity index (χ4v) is 5.54. The molecule has 4 rings (SSSR count). The number of ether oxygens (including phenoxy) is 4. The number of hydrogen-bond donors (Lipinski definition) is 3. The Hall–Kier alpha value is -5.16. The zero-order chi connectivity index (χ0) is 36.2. The second-order valence-corrected chi connectivity index (χ2v) is 12.4. The van der Waals surface area contributed by atoms with Gasteiger partial charge >= 0.3 is 11.9 Å². The Bertz CT molecular complexity index is 1650. The predicted molar refractivity (Wildman–Crippen MR) is 190 cm³/mol. The van der Waals surface area contributed by atoms with Crippen molar-refractivity contribution in [2.75, 3.05) is 20.8 Å². The monoisotopic (exact) mass is 685 g/mol. The van der Waals surface area contributed by atoms with Gasteiger partial charge in [-0.25, -0.2) is 0 Å². The molecule has 0 saturated carbocycles. The van der Waals surface area contributed by atoms with E-state index in [1.54, 1.807) is 34.1 Å². The van der Waals surface area contributed by atoms with Crippen LogP contribution in [0.4, 0.5) is 0 Å². The Balaban J connectivity index is 1.41. The fourth-order valence-electron chi connectivity index (χ4n) is 5.54. The second kappa shape index (κ2) is 18.0. The lowest BCUT2D eigenvalue weighted by atomic mass is 9.92. The first-order chi connectivity index (χ1) is 24.0. The van der Waals surface area contributed by atoms with Crippen molar-refractivity contribution in [1.82, 2.24) is 15.3 Å². The minimum atomic E-state index is -0.848. The largest absolute Gasteiger partial charge is 0.481 e. The molecule has 0 saturated heterocycles. The maximum absolute atomic E-state index is 11.1. The molecule has 11 heteroatoms. The Morgan fingerprint density at radius 1 is 0.700 bits per heavy atom. The number of pyridine rings is 2. The van der Waals surface area contributed by atoms with Crippen LogP contribution in [0.15, 0.2) is 60.7 Å². The van der Waals surface area contributed by atoms with Crippen LogP contribution in [0.25, 0.3) is 11.1 Å². The van der Waals surface area contributed by atoms with E-state index < -0.39 is 23.8 Å². The van der Waals surface area contributed by atoms with Crippen molar-refractivity contribution in [3.63, 3.8) is 0 Å². The summed E-state index contributed by atoms with van der Waals surface area (Å²) in [5, 5.41) is 21.4. The molecular formula is C39H47N3O8. The number of aromatic nitrogens is 2. The molecule has 0 fully saturated rings. The molecule has 0 radical (unpaired) electrons. The van der Waals surface area contributed by atoms with Gasteiger partial charge in [0.1, 0.15) is 13.2 Å². The van der Waals surface area contributed by atoms with Crippen LogP contribution in [0.5, 0.6) is 23.5 Å². The minimum absolute atomic E-state index is 0.313. The summed E-state index contributed by atoms with van der Waals surface area (Å²) in [5.41, 5.74) is 8.14. The highest BCUT2D eigenvalue weighted by Gasteiger charge is 2.16. The Morgan fingerprint density at radius 2 is 1.20 bits per heavy atom. The highest BCUT2D eigenvalue weighted by atomic mass is 16.5. The molecule has 2 atom stereocenters. The van der Waals surface area contributed by atoms with Crippen LogP contribution in [-0.2, 0) is 35.8 Å². The van der Waals surface area contributed by atoms with Gasteiger partial charge in [0, 0.05) is 36.3 Å². The van der Waals surface area contributed by atoms with Gasteiger partial charge in [0.15, 0.2) is 0 Å². The molecule has 2 aromatic heterocycles. The van der Waals surface area contributed by atoms with Gasteiger partial charge in [-0.1, -0.05) is 50.2 Å². The number of carboxylic acids is 2. The average molecular weight is 686 g/mol. The Morgan fingerprint density at radius 3 is 1.70 bits per heavy atom. The number of carboxylic acid groups (broad SMARTS) is 2. The molecule has 0 spiro atoms. The van der Waals surface area contributed by atoms with Gasteiger partial charge in [-0.15, -0.1) is 0 Å². The zero-order valence-corrected chi connectivity index (χ0v) is 29.6. The first-order valence-electron chi connectivity index (χ1n) is 16.7. The minimum Gasteiger partial charge on any atom is -0.481 e. The van der Waals surface area contributed by atoms with Gasteiger partial charge in [0.05, 0.1) is 26.1 Å². The number of nitrogens with zero attached hydrogens (tertiary/aromatic N) is 2.